The molecule has 1 aromatic carbocycles. The molecule has 0 unspecified atom stereocenters. The van der Waals surface area contributed by atoms with Gasteiger partial charge in [0.25, 0.3) is 0 Å². The second-order valence-corrected chi connectivity index (χ2v) is 5.96. The number of alkyl halides is 3. The summed E-state index contributed by atoms with van der Waals surface area (Å²) >= 11 is 6.12. The first-order chi connectivity index (χ1) is 11.3. The Morgan fingerprint density at radius 3 is 2.75 bits per heavy atom. The second kappa shape index (κ2) is 6.10. The minimum Gasteiger partial charge on any atom is -0.391 e. The number of nitrogens with zero attached hydrogens (tertiary/aromatic N) is 3. The van der Waals surface area contributed by atoms with E-state index >= 15 is 0 Å². The van der Waals surface area contributed by atoms with E-state index in [1.54, 1.807) is 11.0 Å². The van der Waals surface area contributed by atoms with Crippen LogP contribution in [-0.2, 0) is 6.18 Å². The lowest BCUT2D eigenvalue weighted by molar-refractivity contribution is -0.137. The SMILES string of the molecule is Nc1ncnc(N2C[C@H](O)C[C@H]2c2cccc(C(F)(F)F)c2)c1Cl. The Balaban J connectivity index is 2.01. The largest absolute Gasteiger partial charge is 0.416 e. The van der Waals surface area contributed by atoms with Gasteiger partial charge in [0.2, 0.25) is 0 Å². The average molecular weight is 359 g/mol. The molecule has 2 heterocycles. The van der Waals surface area contributed by atoms with Crippen LogP contribution in [0.5, 0.6) is 0 Å². The Morgan fingerprint density at radius 1 is 1.29 bits per heavy atom. The number of β-amino-alcohol motifs (C(OH)–C–C–N with tert-alkyl or cyclic N) is 1. The number of benzene rings is 1. The monoisotopic (exact) mass is 358 g/mol. The zero-order valence-corrected chi connectivity index (χ0v) is 13.1. The van der Waals surface area contributed by atoms with E-state index in [-0.39, 0.29) is 23.8 Å². The third-order valence-electron chi connectivity index (χ3n) is 3.95. The van der Waals surface area contributed by atoms with E-state index in [1.807, 2.05) is 0 Å². The van der Waals surface area contributed by atoms with Gasteiger partial charge in [-0.25, -0.2) is 9.97 Å². The molecule has 9 heteroatoms. The van der Waals surface area contributed by atoms with Crippen LogP contribution < -0.4 is 10.6 Å². The molecule has 0 bridgehead atoms. The van der Waals surface area contributed by atoms with Crippen molar-refractivity contribution in [1.82, 2.24) is 9.97 Å². The van der Waals surface area contributed by atoms with Gasteiger partial charge in [0.1, 0.15) is 17.2 Å². The maximum absolute atomic E-state index is 12.9. The first-order valence-electron chi connectivity index (χ1n) is 7.15. The molecule has 0 radical (unpaired) electrons. The lowest BCUT2D eigenvalue weighted by Crippen LogP contribution is -2.26. The van der Waals surface area contributed by atoms with Crippen molar-refractivity contribution in [3.8, 4) is 0 Å². The van der Waals surface area contributed by atoms with Crippen molar-refractivity contribution in [2.75, 3.05) is 17.2 Å². The maximum atomic E-state index is 12.9. The quantitative estimate of drug-likeness (QED) is 0.863. The van der Waals surface area contributed by atoms with Crippen molar-refractivity contribution in [2.45, 2.75) is 24.7 Å². The van der Waals surface area contributed by atoms with E-state index in [0.29, 0.717) is 11.4 Å². The Hall–Kier alpha value is -2.06. The number of aliphatic hydroxyl groups is 1. The highest BCUT2D eigenvalue weighted by molar-refractivity contribution is 6.35. The van der Waals surface area contributed by atoms with Crippen molar-refractivity contribution in [2.24, 2.45) is 0 Å². The molecule has 1 aromatic heterocycles. The lowest BCUT2D eigenvalue weighted by Gasteiger charge is -2.27. The van der Waals surface area contributed by atoms with E-state index in [4.69, 9.17) is 17.3 Å². The molecular formula is C15H14ClF3N4O. The van der Waals surface area contributed by atoms with Crippen LogP contribution in [0.25, 0.3) is 0 Å². The fourth-order valence-corrected chi connectivity index (χ4v) is 3.07. The molecule has 0 saturated carbocycles. The number of rotatable bonds is 2. The lowest BCUT2D eigenvalue weighted by atomic mass is 10.0. The molecule has 3 rings (SSSR count). The summed E-state index contributed by atoms with van der Waals surface area (Å²) in [5.41, 5.74) is 5.35. The van der Waals surface area contributed by atoms with E-state index in [2.05, 4.69) is 9.97 Å². The molecule has 0 spiro atoms. The molecule has 3 N–H and O–H groups in total. The topological polar surface area (TPSA) is 75.3 Å². The highest BCUT2D eigenvalue weighted by Gasteiger charge is 2.36. The molecule has 5 nitrogen and oxygen atoms in total. The number of nitrogen functional groups attached to an aromatic ring is 1. The van der Waals surface area contributed by atoms with Crippen molar-refractivity contribution in [3.05, 3.63) is 46.7 Å². The Bertz CT molecular complexity index is 756. The number of aromatic nitrogens is 2. The highest BCUT2D eigenvalue weighted by Crippen LogP contribution is 2.40. The Morgan fingerprint density at radius 2 is 2.04 bits per heavy atom. The number of anilines is 2. The van der Waals surface area contributed by atoms with Crippen molar-refractivity contribution in [3.63, 3.8) is 0 Å². The van der Waals surface area contributed by atoms with Gasteiger partial charge < -0.3 is 15.7 Å². The van der Waals surface area contributed by atoms with Gasteiger partial charge in [0.05, 0.1) is 17.7 Å². The van der Waals surface area contributed by atoms with Crippen LogP contribution in [0.4, 0.5) is 24.8 Å². The minimum atomic E-state index is -4.44. The Labute approximate surface area is 140 Å². The highest BCUT2D eigenvalue weighted by atomic mass is 35.5. The van der Waals surface area contributed by atoms with Gasteiger partial charge >= 0.3 is 6.18 Å². The summed E-state index contributed by atoms with van der Waals surface area (Å²) in [6.07, 6.45) is -3.65. The van der Waals surface area contributed by atoms with Crippen LogP contribution in [-0.4, -0.2) is 27.7 Å². The molecule has 2 atom stereocenters. The Kier molecular flexibility index (Phi) is 4.27. The molecule has 128 valence electrons. The van der Waals surface area contributed by atoms with Crippen LogP contribution in [0.15, 0.2) is 30.6 Å². The summed E-state index contributed by atoms with van der Waals surface area (Å²) in [5, 5.41) is 10.1. The number of aliphatic hydroxyl groups excluding tert-OH is 1. The number of hydrogen-bond acceptors (Lipinski definition) is 5. The number of halogens is 4. The standard InChI is InChI=1S/C15H14ClF3N4O/c16-12-13(20)21-7-22-14(12)23-6-10(24)5-11(23)8-2-1-3-9(4-8)15(17,18)19/h1-4,7,10-11,24H,5-6H2,(H2,20,21,22)/t10-,11+/m1/s1. The van der Waals surface area contributed by atoms with Crippen LogP contribution in [0, 0.1) is 0 Å². The zero-order valence-electron chi connectivity index (χ0n) is 12.3. The predicted octanol–water partition coefficient (Wildman–Crippen LogP) is 3.04. The second-order valence-electron chi connectivity index (χ2n) is 5.58. The van der Waals surface area contributed by atoms with Gasteiger partial charge in [0.15, 0.2) is 5.82 Å². The third-order valence-corrected chi connectivity index (χ3v) is 4.31. The van der Waals surface area contributed by atoms with Gasteiger partial charge in [0, 0.05) is 6.54 Å². The summed E-state index contributed by atoms with van der Waals surface area (Å²) in [7, 11) is 0. The predicted molar refractivity (Wildman–Crippen MR) is 83.6 cm³/mol. The van der Waals surface area contributed by atoms with Gasteiger partial charge in [-0.3, -0.25) is 0 Å². The molecule has 24 heavy (non-hydrogen) atoms. The summed E-state index contributed by atoms with van der Waals surface area (Å²) in [6.45, 7) is 0.192. The fourth-order valence-electron chi connectivity index (χ4n) is 2.86. The number of hydrogen-bond donors (Lipinski definition) is 2. The van der Waals surface area contributed by atoms with E-state index in [9.17, 15) is 18.3 Å². The molecule has 1 saturated heterocycles. The van der Waals surface area contributed by atoms with E-state index in [0.717, 1.165) is 12.1 Å². The first-order valence-corrected chi connectivity index (χ1v) is 7.53. The molecular weight excluding hydrogens is 345 g/mol. The number of nitrogens with two attached hydrogens (primary N) is 1. The minimum absolute atomic E-state index is 0.0749. The maximum Gasteiger partial charge on any atom is 0.416 e. The smallest absolute Gasteiger partial charge is 0.391 e. The van der Waals surface area contributed by atoms with Crippen LogP contribution in [0.3, 0.4) is 0 Å². The van der Waals surface area contributed by atoms with Crippen LogP contribution >= 0.6 is 11.6 Å². The van der Waals surface area contributed by atoms with Gasteiger partial charge in [-0.15, -0.1) is 0 Å². The summed E-state index contributed by atoms with van der Waals surface area (Å²) in [6, 6.07) is 4.53. The summed E-state index contributed by atoms with van der Waals surface area (Å²) in [5.74, 6) is 0.369. The first kappa shape index (κ1) is 16.8. The van der Waals surface area contributed by atoms with E-state index < -0.39 is 23.9 Å². The normalized spacial score (nSPS) is 21.3. The van der Waals surface area contributed by atoms with Crippen molar-refractivity contribution >= 4 is 23.2 Å². The summed E-state index contributed by atoms with van der Waals surface area (Å²) < 4.78 is 38.8. The molecule has 2 aromatic rings. The van der Waals surface area contributed by atoms with Gasteiger partial charge in [-0.1, -0.05) is 23.7 Å². The third kappa shape index (κ3) is 3.11. The van der Waals surface area contributed by atoms with Crippen molar-refractivity contribution < 1.29 is 18.3 Å². The van der Waals surface area contributed by atoms with Crippen molar-refractivity contribution in [1.29, 1.82) is 0 Å². The molecule has 0 amide bonds. The average Bonchev–Trinajstić information content (AvgIpc) is 2.91. The summed E-state index contributed by atoms with van der Waals surface area (Å²) in [4.78, 5) is 9.50. The molecule has 1 aliphatic rings. The van der Waals surface area contributed by atoms with Crippen LogP contribution in [0.1, 0.15) is 23.6 Å². The molecule has 1 fully saturated rings. The van der Waals surface area contributed by atoms with Crippen LogP contribution in [0.2, 0.25) is 5.02 Å². The molecule has 0 aliphatic carbocycles. The van der Waals surface area contributed by atoms with E-state index in [1.165, 1.54) is 12.4 Å². The van der Waals surface area contributed by atoms with Gasteiger partial charge in [-0.05, 0) is 24.1 Å². The fraction of sp³-hybridized carbons (Fsp3) is 0.333. The molecule has 1 aliphatic heterocycles. The van der Waals surface area contributed by atoms with Gasteiger partial charge in [-0.2, -0.15) is 13.2 Å². The zero-order chi connectivity index (χ0) is 17.5.